The molecule has 5 atom stereocenters. The quantitative estimate of drug-likeness (QED) is 0.381. The van der Waals surface area contributed by atoms with E-state index in [0.29, 0.717) is 30.9 Å². The molecule has 198 valence electrons. The molecule has 8 nitrogen and oxygen atoms in total. The van der Waals surface area contributed by atoms with E-state index >= 15 is 0 Å². The van der Waals surface area contributed by atoms with Gasteiger partial charge in [-0.2, -0.15) is 0 Å². The lowest BCUT2D eigenvalue weighted by Gasteiger charge is -2.41. The number of rotatable bonds is 12. The van der Waals surface area contributed by atoms with E-state index in [4.69, 9.17) is 9.47 Å². The van der Waals surface area contributed by atoms with Crippen molar-refractivity contribution in [2.75, 3.05) is 26.3 Å². The number of ether oxygens (including phenoxy) is 2. The van der Waals surface area contributed by atoms with Crippen molar-refractivity contribution in [1.29, 1.82) is 0 Å². The van der Waals surface area contributed by atoms with Crippen LogP contribution in [0, 0.1) is 0 Å². The van der Waals surface area contributed by atoms with Gasteiger partial charge >= 0.3 is 0 Å². The van der Waals surface area contributed by atoms with Gasteiger partial charge in [-0.05, 0) is 31.4 Å². The van der Waals surface area contributed by atoms with E-state index in [2.05, 4.69) is 12.2 Å². The van der Waals surface area contributed by atoms with Crippen molar-refractivity contribution < 1.29 is 29.3 Å². The second-order valence-corrected chi connectivity index (χ2v) is 10.0. The lowest BCUT2D eigenvalue weighted by Crippen LogP contribution is -2.57. The van der Waals surface area contributed by atoms with Gasteiger partial charge < -0.3 is 29.9 Å². The summed E-state index contributed by atoms with van der Waals surface area (Å²) in [6.45, 7) is 3.16. The van der Waals surface area contributed by atoms with Gasteiger partial charge in [0.25, 0.3) is 0 Å². The fourth-order valence-corrected chi connectivity index (χ4v) is 5.61. The van der Waals surface area contributed by atoms with Crippen molar-refractivity contribution in [2.24, 2.45) is 0 Å². The molecule has 1 aromatic carbocycles. The second kappa shape index (κ2) is 12.7. The molecule has 1 fully saturated rings. The monoisotopic (exact) mass is 500 g/mol. The van der Waals surface area contributed by atoms with Gasteiger partial charge in [-0.15, -0.1) is 0 Å². The zero-order chi connectivity index (χ0) is 25.5. The number of carbonyl (C=O) groups excluding carboxylic acids is 2. The van der Waals surface area contributed by atoms with Crippen LogP contribution >= 0.6 is 0 Å². The van der Waals surface area contributed by atoms with Crippen LogP contribution in [0.15, 0.2) is 35.9 Å². The minimum atomic E-state index is -0.998. The minimum absolute atomic E-state index is 0.0358. The maximum atomic E-state index is 13.5. The van der Waals surface area contributed by atoms with Crippen molar-refractivity contribution in [2.45, 2.75) is 88.6 Å². The Kier molecular flexibility index (Phi) is 9.40. The Labute approximate surface area is 213 Å². The van der Waals surface area contributed by atoms with Crippen molar-refractivity contribution in [1.82, 2.24) is 10.2 Å². The number of benzene rings is 1. The summed E-state index contributed by atoms with van der Waals surface area (Å²) in [6.07, 6.45) is 7.39. The molecule has 1 saturated heterocycles. The molecule has 2 aliphatic heterocycles. The maximum absolute atomic E-state index is 13.5. The van der Waals surface area contributed by atoms with Crippen LogP contribution in [0.3, 0.4) is 0 Å². The van der Waals surface area contributed by atoms with Gasteiger partial charge in [0.2, 0.25) is 11.8 Å². The summed E-state index contributed by atoms with van der Waals surface area (Å²) in [5.74, 6) is -0.160. The molecule has 0 unspecified atom stereocenters. The topological polar surface area (TPSA) is 108 Å². The summed E-state index contributed by atoms with van der Waals surface area (Å²) < 4.78 is 12.0. The number of unbranched alkanes of at least 4 members (excludes halogenated alkanes) is 4. The highest BCUT2D eigenvalue weighted by molar-refractivity contribution is 5.96. The van der Waals surface area contributed by atoms with Crippen molar-refractivity contribution in [3.05, 3.63) is 41.5 Å². The third kappa shape index (κ3) is 5.93. The molecule has 0 aromatic heterocycles. The number of hydrogen-bond donors (Lipinski definition) is 3. The molecule has 0 bridgehead atoms. The molecule has 3 N–H and O–H groups in total. The molecule has 0 radical (unpaired) electrons. The molecule has 2 heterocycles. The average Bonchev–Trinajstić information content (AvgIpc) is 3.54. The molecule has 1 aliphatic carbocycles. The van der Waals surface area contributed by atoms with Crippen LogP contribution < -0.4 is 10.1 Å². The number of aliphatic hydroxyl groups is 2. The van der Waals surface area contributed by atoms with Gasteiger partial charge in [0.05, 0.1) is 24.7 Å². The van der Waals surface area contributed by atoms with E-state index in [0.717, 1.165) is 50.5 Å². The summed E-state index contributed by atoms with van der Waals surface area (Å²) in [5, 5.41) is 23.5. The minimum Gasteiger partial charge on any atom is -0.486 e. The molecule has 0 spiro atoms. The number of nitrogens with one attached hydrogen (secondary N) is 1. The largest absolute Gasteiger partial charge is 0.486 e. The highest BCUT2D eigenvalue weighted by Crippen LogP contribution is 2.47. The molecule has 4 rings (SSSR count). The Morgan fingerprint density at radius 3 is 2.72 bits per heavy atom. The summed E-state index contributed by atoms with van der Waals surface area (Å²) >= 11 is 0. The van der Waals surface area contributed by atoms with Crippen molar-refractivity contribution in [3.63, 3.8) is 0 Å². The van der Waals surface area contributed by atoms with Crippen LogP contribution in [0.5, 0.6) is 5.75 Å². The molecule has 36 heavy (non-hydrogen) atoms. The third-order valence-corrected chi connectivity index (χ3v) is 7.48. The van der Waals surface area contributed by atoms with E-state index in [-0.39, 0.29) is 31.1 Å². The zero-order valence-electron chi connectivity index (χ0n) is 21.2. The van der Waals surface area contributed by atoms with Crippen LogP contribution in [-0.4, -0.2) is 77.6 Å². The predicted molar refractivity (Wildman–Crippen MR) is 136 cm³/mol. The van der Waals surface area contributed by atoms with E-state index in [9.17, 15) is 19.8 Å². The first-order valence-corrected chi connectivity index (χ1v) is 13.5. The van der Waals surface area contributed by atoms with Crippen LogP contribution in [0.25, 0.3) is 0 Å². The summed E-state index contributed by atoms with van der Waals surface area (Å²) in [4.78, 5) is 28.4. The van der Waals surface area contributed by atoms with E-state index in [1.54, 1.807) is 11.0 Å². The summed E-state index contributed by atoms with van der Waals surface area (Å²) in [5.41, 5.74) is 1.31. The van der Waals surface area contributed by atoms with E-state index in [1.165, 1.54) is 0 Å². The number of aliphatic hydroxyl groups excluding tert-OH is 2. The highest BCUT2D eigenvalue weighted by Gasteiger charge is 2.50. The predicted octanol–water partition coefficient (Wildman–Crippen LogP) is 2.68. The fraction of sp³-hybridized carbons (Fsp3) is 0.643. The number of carbonyl (C=O) groups is 2. The molecular formula is C28H40N2O6. The first kappa shape index (κ1) is 26.6. The summed E-state index contributed by atoms with van der Waals surface area (Å²) in [7, 11) is 0. The van der Waals surface area contributed by atoms with Crippen molar-refractivity contribution in [3.8, 4) is 5.75 Å². The third-order valence-electron chi connectivity index (χ3n) is 7.48. The average molecular weight is 501 g/mol. The number of hydrogen-bond acceptors (Lipinski definition) is 6. The van der Waals surface area contributed by atoms with E-state index < -0.39 is 24.2 Å². The fourth-order valence-electron chi connectivity index (χ4n) is 5.61. The summed E-state index contributed by atoms with van der Waals surface area (Å²) in [6, 6.07) is 6.79. The van der Waals surface area contributed by atoms with Gasteiger partial charge in [0.15, 0.2) is 0 Å². The number of amides is 2. The van der Waals surface area contributed by atoms with Crippen molar-refractivity contribution >= 4 is 11.8 Å². The Hall–Kier alpha value is -2.42. The molecule has 1 aromatic rings. The Balaban J connectivity index is 1.62. The second-order valence-electron chi connectivity index (χ2n) is 10.0. The first-order chi connectivity index (χ1) is 17.5. The van der Waals surface area contributed by atoms with Gasteiger partial charge in [0, 0.05) is 37.3 Å². The molecular weight excluding hydrogens is 460 g/mol. The molecule has 8 heteroatoms. The Bertz CT molecular complexity index is 928. The number of para-hydroxylation sites is 1. The molecule has 3 aliphatic rings. The first-order valence-electron chi connectivity index (χ1n) is 13.5. The lowest BCUT2D eigenvalue weighted by molar-refractivity contribution is -0.139. The Morgan fingerprint density at radius 1 is 1.17 bits per heavy atom. The maximum Gasteiger partial charge on any atom is 0.247 e. The SMILES string of the molecule is CCCCCCCC(=O)N(C[C@H]1CCCO1)[C@@H]1C=C(C(=O)NCCO)[C@@H]2c3ccccc3O[C@@H]2[C@H]1O. The van der Waals surface area contributed by atoms with Gasteiger partial charge in [-0.3, -0.25) is 9.59 Å². The van der Waals surface area contributed by atoms with Crippen LogP contribution in [0.1, 0.15) is 69.8 Å². The van der Waals surface area contributed by atoms with Crippen LogP contribution in [0.2, 0.25) is 0 Å². The number of fused-ring (bicyclic) bond motifs is 3. The van der Waals surface area contributed by atoms with E-state index in [1.807, 2.05) is 24.3 Å². The molecule has 2 amide bonds. The number of nitrogens with zero attached hydrogens (tertiary/aromatic N) is 1. The van der Waals surface area contributed by atoms with Crippen LogP contribution in [0.4, 0.5) is 0 Å². The highest BCUT2D eigenvalue weighted by atomic mass is 16.5. The Morgan fingerprint density at radius 2 is 1.97 bits per heavy atom. The lowest BCUT2D eigenvalue weighted by atomic mass is 9.77. The standard InChI is InChI=1S/C28H40N2O6/c1-2-3-4-5-6-13-24(32)30(18-19-10-9-16-35-19)22-17-21(28(34)29-14-15-31)25-20-11-7-8-12-23(20)36-27(25)26(22)33/h7-8,11-12,17,19,22,25-27,31,33H,2-6,9-10,13-16,18H2,1H3,(H,29,34)/t19-,22-,25+,26+,27+/m1/s1. The molecule has 0 saturated carbocycles. The zero-order valence-corrected chi connectivity index (χ0v) is 21.2. The van der Waals surface area contributed by atoms with Gasteiger partial charge in [-0.1, -0.05) is 50.8 Å². The normalized spacial score (nSPS) is 26.5. The van der Waals surface area contributed by atoms with Crippen LogP contribution in [-0.2, 0) is 14.3 Å². The van der Waals surface area contributed by atoms with Gasteiger partial charge in [-0.25, -0.2) is 0 Å². The smallest absolute Gasteiger partial charge is 0.247 e. The van der Waals surface area contributed by atoms with Gasteiger partial charge in [0.1, 0.15) is 18.0 Å².